The third kappa shape index (κ3) is 3.72. The first-order valence-corrected chi connectivity index (χ1v) is 7.73. The van der Waals surface area contributed by atoms with Crippen molar-refractivity contribution in [3.63, 3.8) is 0 Å². The third-order valence-electron chi connectivity index (χ3n) is 3.54. The number of carbonyl (C=O) groups excluding carboxylic acids is 3. The number of nitrogens with zero attached hydrogens (tertiary/aromatic N) is 1. The molecule has 1 aromatic carbocycles. The van der Waals surface area contributed by atoms with E-state index in [0.29, 0.717) is 24.9 Å². The second-order valence-electron chi connectivity index (χ2n) is 5.02. The molecule has 5 heteroatoms. The Kier molecular flexibility index (Phi) is 6.76. The van der Waals surface area contributed by atoms with E-state index >= 15 is 0 Å². The van der Waals surface area contributed by atoms with Crippen LogP contribution >= 0.6 is 0 Å². The summed E-state index contributed by atoms with van der Waals surface area (Å²) in [5.41, 5.74) is 2.61. The molecule has 1 unspecified atom stereocenters. The van der Waals surface area contributed by atoms with E-state index in [1.165, 1.54) is 0 Å². The van der Waals surface area contributed by atoms with Crippen LogP contribution in [0.25, 0.3) is 0 Å². The highest BCUT2D eigenvalue weighted by Crippen LogP contribution is 2.27. The molecule has 0 bridgehead atoms. The molecule has 1 N–H and O–H groups in total. The van der Waals surface area contributed by atoms with Crippen LogP contribution in [0.5, 0.6) is 0 Å². The SMILES string of the molecule is CC.CCCC(C(=O)NC=O)N1Cc2ccc(C)cc2C1=O. The molecule has 5 nitrogen and oxygen atoms in total. The van der Waals surface area contributed by atoms with Gasteiger partial charge in [0.1, 0.15) is 6.04 Å². The Labute approximate surface area is 131 Å². The zero-order valence-electron chi connectivity index (χ0n) is 13.7. The molecule has 22 heavy (non-hydrogen) atoms. The lowest BCUT2D eigenvalue weighted by Crippen LogP contribution is -2.46. The van der Waals surface area contributed by atoms with Gasteiger partial charge in [0.25, 0.3) is 5.91 Å². The highest BCUT2D eigenvalue weighted by Gasteiger charge is 2.35. The maximum absolute atomic E-state index is 12.4. The molecule has 120 valence electrons. The maximum Gasteiger partial charge on any atom is 0.255 e. The summed E-state index contributed by atoms with van der Waals surface area (Å²) in [6.45, 7) is 8.29. The molecular formula is C17H24N2O3. The van der Waals surface area contributed by atoms with Crippen molar-refractivity contribution >= 4 is 18.2 Å². The Morgan fingerprint density at radius 2 is 2.09 bits per heavy atom. The largest absolute Gasteiger partial charge is 0.322 e. The predicted molar refractivity (Wildman–Crippen MR) is 85.3 cm³/mol. The Balaban J connectivity index is 0.00000116. The molecule has 0 fully saturated rings. The van der Waals surface area contributed by atoms with Crippen LogP contribution in [0.2, 0.25) is 0 Å². The third-order valence-corrected chi connectivity index (χ3v) is 3.54. The van der Waals surface area contributed by atoms with Crippen molar-refractivity contribution in [3.8, 4) is 0 Å². The lowest BCUT2D eigenvalue weighted by molar-refractivity contribution is -0.129. The molecule has 0 aromatic heterocycles. The van der Waals surface area contributed by atoms with Gasteiger partial charge >= 0.3 is 0 Å². The Hall–Kier alpha value is -2.17. The topological polar surface area (TPSA) is 66.5 Å². The van der Waals surface area contributed by atoms with Crippen molar-refractivity contribution in [2.75, 3.05) is 0 Å². The Morgan fingerprint density at radius 1 is 1.41 bits per heavy atom. The quantitative estimate of drug-likeness (QED) is 0.850. The number of fused-ring (bicyclic) bond motifs is 1. The molecule has 1 aliphatic heterocycles. The summed E-state index contributed by atoms with van der Waals surface area (Å²) < 4.78 is 0. The normalized spacial score (nSPS) is 13.8. The summed E-state index contributed by atoms with van der Waals surface area (Å²) in [4.78, 5) is 36.4. The molecule has 0 saturated heterocycles. The first-order valence-electron chi connectivity index (χ1n) is 7.73. The fraction of sp³-hybridized carbons (Fsp3) is 0.471. The zero-order chi connectivity index (χ0) is 16.7. The molecule has 0 radical (unpaired) electrons. The second kappa shape index (κ2) is 8.32. The smallest absolute Gasteiger partial charge is 0.255 e. The van der Waals surface area contributed by atoms with Crippen LogP contribution in [0, 0.1) is 6.92 Å². The van der Waals surface area contributed by atoms with Crippen LogP contribution in [0.1, 0.15) is 55.1 Å². The number of rotatable bonds is 5. The summed E-state index contributed by atoms with van der Waals surface area (Å²) in [6, 6.07) is 5.13. The van der Waals surface area contributed by atoms with E-state index in [0.717, 1.165) is 17.5 Å². The zero-order valence-corrected chi connectivity index (χ0v) is 13.7. The van der Waals surface area contributed by atoms with Crippen LogP contribution < -0.4 is 5.32 Å². The molecule has 1 heterocycles. The molecule has 1 aliphatic rings. The van der Waals surface area contributed by atoms with E-state index in [9.17, 15) is 14.4 Å². The van der Waals surface area contributed by atoms with Gasteiger partial charge in [0.15, 0.2) is 0 Å². The van der Waals surface area contributed by atoms with Crippen molar-refractivity contribution in [1.82, 2.24) is 10.2 Å². The summed E-state index contributed by atoms with van der Waals surface area (Å²) in [5.74, 6) is -0.553. The molecular weight excluding hydrogens is 280 g/mol. The summed E-state index contributed by atoms with van der Waals surface area (Å²) in [6.07, 6.45) is 1.66. The van der Waals surface area contributed by atoms with Gasteiger partial charge in [0, 0.05) is 12.1 Å². The van der Waals surface area contributed by atoms with Crippen LogP contribution in [0.4, 0.5) is 0 Å². The molecule has 3 amide bonds. The number of aryl methyl sites for hydroxylation is 1. The standard InChI is InChI=1S/C15H18N2O3.C2H6/c1-3-4-13(14(19)16-9-18)17-8-11-6-5-10(2)7-12(11)15(17)20;1-2/h5-7,9,13H,3-4,8H2,1-2H3,(H,16,18,19);1-2H3. The van der Waals surface area contributed by atoms with Gasteiger partial charge in [-0.25, -0.2) is 0 Å². The van der Waals surface area contributed by atoms with Gasteiger partial charge in [-0.05, 0) is 25.0 Å². The average molecular weight is 304 g/mol. The fourth-order valence-electron chi connectivity index (χ4n) is 2.55. The maximum atomic E-state index is 12.4. The van der Waals surface area contributed by atoms with Crippen molar-refractivity contribution in [2.24, 2.45) is 0 Å². The molecule has 1 aromatic rings. The van der Waals surface area contributed by atoms with Gasteiger partial charge in [0.2, 0.25) is 12.3 Å². The van der Waals surface area contributed by atoms with Gasteiger partial charge in [0.05, 0.1) is 0 Å². The summed E-state index contributed by atoms with van der Waals surface area (Å²) in [7, 11) is 0. The molecule has 2 rings (SSSR count). The van der Waals surface area contributed by atoms with Crippen molar-refractivity contribution < 1.29 is 14.4 Å². The first-order chi connectivity index (χ1) is 10.6. The number of hydrogen-bond donors (Lipinski definition) is 1. The van der Waals surface area contributed by atoms with E-state index in [1.54, 1.807) is 4.90 Å². The van der Waals surface area contributed by atoms with Crippen molar-refractivity contribution in [2.45, 2.75) is 53.1 Å². The monoisotopic (exact) mass is 304 g/mol. The number of nitrogens with one attached hydrogen (secondary N) is 1. The molecule has 0 spiro atoms. The summed E-state index contributed by atoms with van der Waals surface area (Å²) >= 11 is 0. The fourth-order valence-corrected chi connectivity index (χ4v) is 2.55. The number of benzene rings is 1. The predicted octanol–water partition coefficient (Wildman–Crippen LogP) is 2.42. The van der Waals surface area contributed by atoms with Gasteiger partial charge in [-0.15, -0.1) is 0 Å². The van der Waals surface area contributed by atoms with E-state index in [-0.39, 0.29) is 5.91 Å². The van der Waals surface area contributed by atoms with Crippen LogP contribution in [-0.2, 0) is 16.1 Å². The molecule has 1 atom stereocenters. The van der Waals surface area contributed by atoms with E-state index in [2.05, 4.69) is 5.32 Å². The van der Waals surface area contributed by atoms with Crippen LogP contribution in [0.15, 0.2) is 18.2 Å². The highest BCUT2D eigenvalue weighted by atomic mass is 16.2. The minimum absolute atomic E-state index is 0.136. The number of hydrogen-bond acceptors (Lipinski definition) is 3. The van der Waals surface area contributed by atoms with Crippen molar-refractivity contribution in [1.29, 1.82) is 0 Å². The Bertz CT molecular complexity index is 555. The average Bonchev–Trinajstić information content (AvgIpc) is 2.84. The van der Waals surface area contributed by atoms with Gasteiger partial charge < -0.3 is 4.90 Å². The highest BCUT2D eigenvalue weighted by molar-refractivity contribution is 6.02. The second-order valence-corrected chi connectivity index (χ2v) is 5.02. The van der Waals surface area contributed by atoms with E-state index in [1.807, 2.05) is 45.9 Å². The molecule has 0 aliphatic carbocycles. The summed E-state index contributed by atoms with van der Waals surface area (Å²) in [5, 5.41) is 2.15. The van der Waals surface area contributed by atoms with E-state index < -0.39 is 11.9 Å². The first kappa shape index (κ1) is 17.9. The molecule has 0 saturated carbocycles. The lowest BCUT2D eigenvalue weighted by atomic mass is 10.1. The number of imide groups is 1. The Morgan fingerprint density at radius 3 is 2.68 bits per heavy atom. The lowest BCUT2D eigenvalue weighted by Gasteiger charge is -2.25. The van der Waals surface area contributed by atoms with E-state index in [4.69, 9.17) is 0 Å². The van der Waals surface area contributed by atoms with Gasteiger partial charge in [-0.3, -0.25) is 19.7 Å². The number of amides is 3. The van der Waals surface area contributed by atoms with Gasteiger partial charge in [-0.2, -0.15) is 0 Å². The van der Waals surface area contributed by atoms with Crippen LogP contribution in [-0.4, -0.2) is 29.2 Å². The minimum Gasteiger partial charge on any atom is -0.322 e. The number of carbonyl (C=O) groups is 3. The van der Waals surface area contributed by atoms with Crippen molar-refractivity contribution in [3.05, 3.63) is 34.9 Å². The van der Waals surface area contributed by atoms with Gasteiger partial charge in [-0.1, -0.05) is 44.9 Å². The minimum atomic E-state index is -0.592. The van der Waals surface area contributed by atoms with Crippen LogP contribution in [0.3, 0.4) is 0 Å².